The van der Waals surface area contributed by atoms with Crippen molar-refractivity contribution in [3.8, 4) is 0 Å². The number of benzene rings is 1. The molecule has 0 aliphatic carbocycles. The first-order valence-electron chi connectivity index (χ1n) is 6.81. The summed E-state index contributed by atoms with van der Waals surface area (Å²) >= 11 is 0. The maximum atomic E-state index is 5.77. The molecule has 1 aromatic heterocycles. The van der Waals surface area contributed by atoms with Gasteiger partial charge in [-0.1, -0.05) is 36.4 Å². The Bertz CT molecular complexity index is 603. The van der Waals surface area contributed by atoms with E-state index in [2.05, 4.69) is 19.9 Å². The van der Waals surface area contributed by atoms with E-state index < -0.39 is 0 Å². The van der Waals surface area contributed by atoms with Crippen molar-refractivity contribution in [3.05, 3.63) is 41.7 Å². The second-order valence-corrected chi connectivity index (χ2v) is 4.79. The maximum Gasteiger partial charge on any atom is 0.230 e. The summed E-state index contributed by atoms with van der Waals surface area (Å²) in [5, 5.41) is 0. The molecule has 1 saturated heterocycles. The van der Waals surface area contributed by atoms with Gasteiger partial charge in [0.1, 0.15) is 0 Å². The third-order valence-corrected chi connectivity index (χ3v) is 3.27. The molecule has 2 aromatic rings. The van der Waals surface area contributed by atoms with Gasteiger partial charge in [0, 0.05) is 13.1 Å². The summed E-state index contributed by atoms with van der Waals surface area (Å²) in [6.07, 6.45) is 6.21. The number of rotatable bonds is 3. The highest BCUT2D eigenvalue weighted by Crippen LogP contribution is 2.16. The normalized spacial score (nSPS) is 15.1. The van der Waals surface area contributed by atoms with Crippen LogP contribution in [0.25, 0.3) is 12.2 Å². The lowest BCUT2D eigenvalue weighted by atomic mass is 10.2. The smallest absolute Gasteiger partial charge is 0.230 e. The fourth-order valence-corrected chi connectivity index (χ4v) is 2.27. The molecule has 0 radical (unpaired) electrons. The first kappa shape index (κ1) is 12.6. The van der Waals surface area contributed by atoms with Crippen molar-refractivity contribution in [3.63, 3.8) is 0 Å². The molecule has 0 unspecified atom stereocenters. The zero-order valence-electron chi connectivity index (χ0n) is 11.2. The first-order valence-corrected chi connectivity index (χ1v) is 6.81. The Morgan fingerprint density at radius 1 is 0.950 bits per heavy atom. The standard InChI is InChI=1S/C15H17N5/c16-14-17-13(9-8-12-6-2-1-3-7-12)18-15(19-14)20-10-4-5-11-20/h1-3,6-9H,4-5,10-11H2,(H2,16,17,18,19)/b9-8-. The van der Waals surface area contributed by atoms with Crippen molar-refractivity contribution < 1.29 is 0 Å². The summed E-state index contributed by atoms with van der Waals surface area (Å²) in [6, 6.07) is 10.0. The zero-order chi connectivity index (χ0) is 13.8. The summed E-state index contributed by atoms with van der Waals surface area (Å²) in [7, 11) is 0. The van der Waals surface area contributed by atoms with Crippen LogP contribution in [0.3, 0.4) is 0 Å². The summed E-state index contributed by atoms with van der Waals surface area (Å²) in [5.74, 6) is 1.56. The maximum absolute atomic E-state index is 5.77. The molecule has 1 aromatic carbocycles. The molecular weight excluding hydrogens is 250 g/mol. The van der Waals surface area contributed by atoms with Crippen LogP contribution in [0.1, 0.15) is 24.2 Å². The van der Waals surface area contributed by atoms with Crippen molar-refractivity contribution in [2.75, 3.05) is 23.7 Å². The molecule has 2 N–H and O–H groups in total. The second kappa shape index (κ2) is 5.69. The predicted octanol–water partition coefficient (Wildman–Crippen LogP) is 2.22. The molecule has 3 rings (SSSR count). The van der Waals surface area contributed by atoms with Crippen molar-refractivity contribution in [1.29, 1.82) is 0 Å². The quantitative estimate of drug-likeness (QED) is 0.923. The number of nitrogen functional groups attached to an aromatic ring is 1. The number of anilines is 2. The van der Waals surface area contributed by atoms with E-state index in [9.17, 15) is 0 Å². The van der Waals surface area contributed by atoms with Gasteiger partial charge in [-0.05, 0) is 24.5 Å². The Balaban J connectivity index is 1.84. The minimum Gasteiger partial charge on any atom is -0.368 e. The van der Waals surface area contributed by atoms with E-state index in [-0.39, 0.29) is 5.95 Å². The van der Waals surface area contributed by atoms with Crippen molar-refractivity contribution >= 4 is 24.0 Å². The molecule has 0 atom stereocenters. The Hall–Kier alpha value is -2.43. The van der Waals surface area contributed by atoms with Crippen molar-refractivity contribution in [1.82, 2.24) is 15.0 Å². The molecule has 20 heavy (non-hydrogen) atoms. The fraction of sp³-hybridized carbons (Fsp3) is 0.267. The van der Waals surface area contributed by atoms with Crippen LogP contribution in [0.2, 0.25) is 0 Å². The molecule has 5 heteroatoms. The van der Waals surface area contributed by atoms with Crippen molar-refractivity contribution in [2.24, 2.45) is 0 Å². The van der Waals surface area contributed by atoms with Gasteiger partial charge in [0.25, 0.3) is 0 Å². The van der Waals surface area contributed by atoms with Gasteiger partial charge in [-0.25, -0.2) is 0 Å². The molecule has 1 aliphatic heterocycles. The highest BCUT2D eigenvalue weighted by molar-refractivity contribution is 5.67. The lowest BCUT2D eigenvalue weighted by molar-refractivity contribution is 0.879. The zero-order valence-corrected chi connectivity index (χ0v) is 11.2. The fourth-order valence-electron chi connectivity index (χ4n) is 2.27. The molecule has 0 spiro atoms. The molecule has 1 fully saturated rings. The van der Waals surface area contributed by atoms with E-state index in [0.717, 1.165) is 18.7 Å². The predicted molar refractivity (Wildman–Crippen MR) is 81.1 cm³/mol. The average molecular weight is 267 g/mol. The number of aromatic nitrogens is 3. The molecular formula is C15H17N5. The summed E-state index contributed by atoms with van der Waals surface area (Å²) in [5.41, 5.74) is 6.88. The van der Waals surface area contributed by atoms with Crippen LogP contribution in [-0.4, -0.2) is 28.0 Å². The van der Waals surface area contributed by atoms with Crippen LogP contribution in [-0.2, 0) is 0 Å². The monoisotopic (exact) mass is 267 g/mol. The van der Waals surface area contributed by atoms with Gasteiger partial charge < -0.3 is 10.6 Å². The highest BCUT2D eigenvalue weighted by Gasteiger charge is 2.16. The van der Waals surface area contributed by atoms with Gasteiger partial charge >= 0.3 is 0 Å². The van der Waals surface area contributed by atoms with Crippen LogP contribution in [0.5, 0.6) is 0 Å². The van der Waals surface area contributed by atoms with E-state index in [1.54, 1.807) is 0 Å². The number of hydrogen-bond acceptors (Lipinski definition) is 5. The lowest BCUT2D eigenvalue weighted by Crippen LogP contribution is -2.21. The molecule has 5 nitrogen and oxygen atoms in total. The molecule has 0 bridgehead atoms. The number of hydrogen-bond donors (Lipinski definition) is 1. The summed E-state index contributed by atoms with van der Waals surface area (Å²) < 4.78 is 0. The van der Waals surface area contributed by atoms with Crippen LogP contribution < -0.4 is 10.6 Å². The van der Waals surface area contributed by atoms with E-state index >= 15 is 0 Å². The minimum atomic E-state index is 0.273. The van der Waals surface area contributed by atoms with E-state index in [4.69, 9.17) is 5.73 Å². The Morgan fingerprint density at radius 3 is 2.45 bits per heavy atom. The second-order valence-electron chi connectivity index (χ2n) is 4.79. The van der Waals surface area contributed by atoms with E-state index in [1.165, 1.54) is 12.8 Å². The van der Waals surface area contributed by atoms with Gasteiger partial charge in [-0.3, -0.25) is 0 Å². The molecule has 0 amide bonds. The number of nitrogens with two attached hydrogens (primary N) is 1. The van der Waals surface area contributed by atoms with Gasteiger partial charge in [0.05, 0.1) is 0 Å². The lowest BCUT2D eigenvalue weighted by Gasteiger charge is -2.14. The van der Waals surface area contributed by atoms with Gasteiger partial charge in [-0.15, -0.1) is 0 Å². The van der Waals surface area contributed by atoms with Crippen LogP contribution in [0.15, 0.2) is 30.3 Å². The third kappa shape index (κ3) is 2.93. The molecule has 102 valence electrons. The van der Waals surface area contributed by atoms with Gasteiger partial charge in [0.2, 0.25) is 11.9 Å². The SMILES string of the molecule is Nc1nc(/C=C\c2ccccc2)nc(N2CCCC2)n1. The third-order valence-electron chi connectivity index (χ3n) is 3.27. The minimum absolute atomic E-state index is 0.273. The van der Waals surface area contributed by atoms with Gasteiger partial charge in [0.15, 0.2) is 5.82 Å². The molecule has 2 heterocycles. The van der Waals surface area contributed by atoms with Crippen molar-refractivity contribution in [2.45, 2.75) is 12.8 Å². The van der Waals surface area contributed by atoms with E-state index in [1.807, 2.05) is 42.5 Å². The highest BCUT2D eigenvalue weighted by atomic mass is 15.3. The van der Waals surface area contributed by atoms with Crippen LogP contribution in [0, 0.1) is 0 Å². The average Bonchev–Trinajstić information content (AvgIpc) is 3.00. The summed E-state index contributed by atoms with van der Waals surface area (Å²) in [6.45, 7) is 1.98. The Labute approximate surface area is 118 Å². The first-order chi connectivity index (χ1) is 9.81. The largest absolute Gasteiger partial charge is 0.368 e. The molecule has 0 saturated carbocycles. The Kier molecular flexibility index (Phi) is 3.58. The summed E-state index contributed by atoms with van der Waals surface area (Å²) in [4.78, 5) is 15.0. The molecule has 1 aliphatic rings. The topological polar surface area (TPSA) is 67.9 Å². The van der Waals surface area contributed by atoms with E-state index in [0.29, 0.717) is 11.8 Å². The number of nitrogens with zero attached hydrogens (tertiary/aromatic N) is 4. The van der Waals surface area contributed by atoms with Gasteiger partial charge in [-0.2, -0.15) is 15.0 Å². The van der Waals surface area contributed by atoms with Crippen LogP contribution >= 0.6 is 0 Å². The Morgan fingerprint density at radius 2 is 1.70 bits per heavy atom. The van der Waals surface area contributed by atoms with Crippen LogP contribution in [0.4, 0.5) is 11.9 Å².